The second-order valence-corrected chi connectivity index (χ2v) is 9.26. The minimum absolute atomic E-state index is 0.224. The summed E-state index contributed by atoms with van der Waals surface area (Å²) >= 11 is 1.85. The summed E-state index contributed by atoms with van der Waals surface area (Å²) in [7, 11) is 0. The quantitative estimate of drug-likeness (QED) is 0.757. The molecule has 0 radical (unpaired) electrons. The highest BCUT2D eigenvalue weighted by atomic mass is 32.1. The van der Waals surface area contributed by atoms with Gasteiger partial charge < -0.3 is 14.7 Å². The molecule has 4 heterocycles. The first-order chi connectivity index (χ1) is 13.2. The third-order valence-corrected chi connectivity index (χ3v) is 7.46. The van der Waals surface area contributed by atoms with E-state index in [9.17, 15) is 4.79 Å². The molecule has 0 bridgehead atoms. The maximum Gasteiger partial charge on any atom is 0.320 e. The zero-order chi connectivity index (χ0) is 18.4. The number of fused-ring (bicyclic) bond motifs is 3. The molecule has 2 fully saturated rings. The van der Waals surface area contributed by atoms with Crippen molar-refractivity contribution in [2.24, 2.45) is 5.92 Å². The van der Waals surface area contributed by atoms with Crippen molar-refractivity contribution >= 4 is 33.4 Å². The van der Waals surface area contributed by atoms with Crippen LogP contribution in [-0.2, 0) is 12.8 Å². The van der Waals surface area contributed by atoms with Crippen molar-refractivity contribution in [3.05, 3.63) is 16.8 Å². The van der Waals surface area contributed by atoms with Gasteiger partial charge in [-0.3, -0.25) is 0 Å². The standard InChI is InChI=1S/C20H27N5OS/c1-14-4-5-15-16(12-14)27-19-17(15)18(21-13-22-19)23-8-10-25(11-9-23)20(26)24-6-2-3-7-24/h13-14H,2-12H2,1H3. The molecular weight excluding hydrogens is 358 g/mol. The monoisotopic (exact) mass is 385 g/mol. The van der Waals surface area contributed by atoms with Crippen molar-refractivity contribution in [1.29, 1.82) is 0 Å². The number of amides is 2. The van der Waals surface area contributed by atoms with E-state index in [4.69, 9.17) is 0 Å². The Morgan fingerprint density at radius 3 is 2.59 bits per heavy atom. The summed E-state index contributed by atoms with van der Waals surface area (Å²) < 4.78 is 0. The molecule has 0 saturated carbocycles. The maximum absolute atomic E-state index is 12.6. The fourth-order valence-corrected chi connectivity index (χ4v) is 6.06. The minimum Gasteiger partial charge on any atom is -0.352 e. The number of aromatic nitrogens is 2. The second-order valence-electron chi connectivity index (χ2n) is 8.18. The lowest BCUT2D eigenvalue weighted by Gasteiger charge is -2.37. The fourth-order valence-electron chi connectivity index (χ4n) is 4.72. The Kier molecular flexibility index (Phi) is 4.42. The molecule has 1 unspecified atom stereocenters. The highest BCUT2D eigenvalue weighted by Gasteiger charge is 2.29. The third kappa shape index (κ3) is 3.06. The summed E-state index contributed by atoms with van der Waals surface area (Å²) in [4.78, 5) is 30.9. The lowest BCUT2D eigenvalue weighted by molar-refractivity contribution is 0.159. The van der Waals surface area contributed by atoms with Crippen LogP contribution < -0.4 is 4.90 Å². The zero-order valence-corrected chi connectivity index (χ0v) is 16.8. The summed E-state index contributed by atoms with van der Waals surface area (Å²) in [6.07, 6.45) is 7.58. The molecule has 1 atom stereocenters. The molecule has 27 heavy (non-hydrogen) atoms. The number of thiophene rings is 1. The average molecular weight is 386 g/mol. The summed E-state index contributed by atoms with van der Waals surface area (Å²) in [6, 6.07) is 0.224. The third-order valence-electron chi connectivity index (χ3n) is 6.30. The first kappa shape index (κ1) is 17.2. The number of carbonyl (C=O) groups is 1. The first-order valence-electron chi connectivity index (χ1n) is 10.2. The van der Waals surface area contributed by atoms with Gasteiger partial charge in [0.2, 0.25) is 0 Å². The van der Waals surface area contributed by atoms with Gasteiger partial charge in [0.05, 0.1) is 5.39 Å². The first-order valence-corrected chi connectivity index (χ1v) is 11.1. The minimum atomic E-state index is 0.224. The van der Waals surface area contributed by atoms with Gasteiger partial charge in [0.15, 0.2) is 0 Å². The van der Waals surface area contributed by atoms with Gasteiger partial charge >= 0.3 is 6.03 Å². The Balaban J connectivity index is 1.37. The van der Waals surface area contributed by atoms with Crippen LogP contribution in [0.5, 0.6) is 0 Å². The van der Waals surface area contributed by atoms with Gasteiger partial charge in [0.25, 0.3) is 0 Å². The van der Waals surface area contributed by atoms with E-state index in [0.29, 0.717) is 0 Å². The molecule has 6 nitrogen and oxygen atoms in total. The van der Waals surface area contributed by atoms with Crippen LogP contribution >= 0.6 is 11.3 Å². The molecule has 0 spiro atoms. The van der Waals surface area contributed by atoms with E-state index in [1.807, 2.05) is 21.1 Å². The van der Waals surface area contributed by atoms with E-state index in [1.54, 1.807) is 6.33 Å². The Morgan fingerprint density at radius 2 is 1.81 bits per heavy atom. The molecule has 7 heteroatoms. The number of anilines is 1. The number of urea groups is 1. The van der Waals surface area contributed by atoms with Crippen LogP contribution in [0.15, 0.2) is 6.33 Å². The largest absolute Gasteiger partial charge is 0.352 e. The number of hydrogen-bond donors (Lipinski definition) is 0. The summed E-state index contributed by atoms with van der Waals surface area (Å²) in [5.41, 5.74) is 1.49. The van der Waals surface area contributed by atoms with Gasteiger partial charge in [-0.1, -0.05) is 6.92 Å². The van der Waals surface area contributed by atoms with Gasteiger partial charge in [-0.05, 0) is 43.6 Å². The number of aryl methyl sites for hydroxylation is 1. The van der Waals surface area contributed by atoms with E-state index in [2.05, 4.69) is 21.8 Å². The predicted octanol–water partition coefficient (Wildman–Crippen LogP) is 3.15. The molecule has 0 aromatic carbocycles. The molecule has 1 aliphatic carbocycles. The molecule has 2 amide bonds. The Hall–Kier alpha value is -1.89. The highest BCUT2D eigenvalue weighted by Crippen LogP contribution is 2.40. The second kappa shape index (κ2) is 6.93. The summed E-state index contributed by atoms with van der Waals surface area (Å²) in [5.74, 6) is 1.85. The van der Waals surface area contributed by atoms with Crippen molar-refractivity contribution in [2.45, 2.75) is 39.0 Å². The van der Waals surface area contributed by atoms with E-state index in [1.165, 1.54) is 28.7 Å². The SMILES string of the molecule is CC1CCc2c(sc3ncnc(N4CCN(C(=O)N5CCCC5)CC4)c23)C1. The molecule has 3 aliphatic rings. The van der Waals surface area contributed by atoms with Gasteiger partial charge in [-0.2, -0.15) is 0 Å². The normalized spacial score (nSPS) is 23.1. The molecule has 144 valence electrons. The Bertz CT molecular complexity index is 851. The van der Waals surface area contributed by atoms with E-state index >= 15 is 0 Å². The molecule has 2 aromatic heterocycles. The van der Waals surface area contributed by atoms with Gasteiger partial charge in [0.1, 0.15) is 17.0 Å². The fraction of sp³-hybridized carbons (Fsp3) is 0.650. The van der Waals surface area contributed by atoms with Crippen molar-refractivity contribution in [2.75, 3.05) is 44.2 Å². The van der Waals surface area contributed by atoms with Gasteiger partial charge in [-0.25, -0.2) is 14.8 Å². The van der Waals surface area contributed by atoms with Gasteiger partial charge in [-0.15, -0.1) is 11.3 Å². The van der Waals surface area contributed by atoms with Crippen molar-refractivity contribution in [1.82, 2.24) is 19.8 Å². The zero-order valence-electron chi connectivity index (χ0n) is 16.0. The number of carbonyl (C=O) groups excluding carboxylic acids is 1. The number of rotatable bonds is 1. The Morgan fingerprint density at radius 1 is 1.07 bits per heavy atom. The van der Waals surface area contributed by atoms with Crippen LogP contribution in [0.4, 0.5) is 10.6 Å². The maximum atomic E-state index is 12.6. The van der Waals surface area contributed by atoms with Crippen molar-refractivity contribution in [3.8, 4) is 0 Å². The van der Waals surface area contributed by atoms with Gasteiger partial charge in [0, 0.05) is 44.1 Å². The van der Waals surface area contributed by atoms with E-state index in [-0.39, 0.29) is 6.03 Å². The topological polar surface area (TPSA) is 52.6 Å². The molecule has 2 aromatic rings. The van der Waals surface area contributed by atoms with Crippen LogP contribution in [0, 0.1) is 5.92 Å². The van der Waals surface area contributed by atoms with E-state index in [0.717, 1.165) is 75.1 Å². The van der Waals surface area contributed by atoms with Crippen molar-refractivity contribution < 1.29 is 4.79 Å². The highest BCUT2D eigenvalue weighted by molar-refractivity contribution is 7.19. The number of piperazine rings is 1. The smallest absolute Gasteiger partial charge is 0.320 e. The van der Waals surface area contributed by atoms with Crippen LogP contribution in [0.1, 0.15) is 36.6 Å². The average Bonchev–Trinajstić information content (AvgIpc) is 3.34. The van der Waals surface area contributed by atoms with Crippen molar-refractivity contribution in [3.63, 3.8) is 0 Å². The van der Waals surface area contributed by atoms with E-state index < -0.39 is 0 Å². The molecule has 2 saturated heterocycles. The number of hydrogen-bond acceptors (Lipinski definition) is 5. The van der Waals surface area contributed by atoms with Crippen LogP contribution in [0.25, 0.3) is 10.2 Å². The molecule has 2 aliphatic heterocycles. The molecule has 0 N–H and O–H groups in total. The lowest BCUT2D eigenvalue weighted by atomic mass is 9.89. The lowest BCUT2D eigenvalue weighted by Crippen LogP contribution is -2.52. The summed E-state index contributed by atoms with van der Waals surface area (Å²) in [6.45, 7) is 7.46. The number of likely N-dealkylation sites (tertiary alicyclic amines) is 1. The van der Waals surface area contributed by atoms with Crippen LogP contribution in [0.2, 0.25) is 0 Å². The molecular formula is C20H27N5OS. The number of nitrogens with zero attached hydrogens (tertiary/aromatic N) is 5. The van der Waals surface area contributed by atoms with Crippen LogP contribution in [0.3, 0.4) is 0 Å². The Labute approximate surface area is 164 Å². The summed E-state index contributed by atoms with van der Waals surface area (Å²) in [5, 5.41) is 1.28. The van der Waals surface area contributed by atoms with Crippen LogP contribution in [-0.4, -0.2) is 65.1 Å². The predicted molar refractivity (Wildman–Crippen MR) is 109 cm³/mol. The molecule has 5 rings (SSSR count).